The van der Waals surface area contributed by atoms with Crippen LogP contribution in [0.25, 0.3) is 0 Å². The lowest BCUT2D eigenvalue weighted by atomic mass is 10.1. The molecule has 0 spiro atoms. The van der Waals surface area contributed by atoms with Gasteiger partial charge in [-0.05, 0) is 32.7 Å². The first-order valence-corrected chi connectivity index (χ1v) is 50.5. The number of amides is 4. The highest BCUT2D eigenvalue weighted by Gasteiger charge is 2.13. The van der Waals surface area contributed by atoms with Crippen molar-refractivity contribution in [1.29, 1.82) is 0 Å². The van der Waals surface area contributed by atoms with E-state index >= 15 is 0 Å². The van der Waals surface area contributed by atoms with Gasteiger partial charge >= 0.3 is 5.97 Å². The summed E-state index contributed by atoms with van der Waals surface area (Å²) >= 11 is 0. The third kappa shape index (κ3) is 124. The summed E-state index contributed by atoms with van der Waals surface area (Å²) < 4.78 is 199. The van der Waals surface area contributed by atoms with E-state index < -0.39 is 17.9 Å². The second-order valence-corrected chi connectivity index (χ2v) is 30.1. The monoisotopic (exact) mass is 2060 g/mol. The first-order chi connectivity index (χ1) is 69.8. The molecule has 47 heteroatoms. The fraction of sp³-hybridized carbons (Fsp3) is 0.947. The minimum atomic E-state index is -0.725. The molecule has 0 rings (SSSR count). The summed E-state index contributed by atoms with van der Waals surface area (Å²) in [6, 6.07) is -0.405. The second kappa shape index (κ2) is 125. The van der Waals surface area contributed by atoms with Crippen LogP contribution >= 0.6 is 0 Å². The Bertz CT molecular complexity index is 2470. The van der Waals surface area contributed by atoms with Gasteiger partial charge in [0.2, 0.25) is 23.6 Å². The van der Waals surface area contributed by atoms with Crippen LogP contribution in [0.15, 0.2) is 0 Å². The number of carboxylic acids is 1. The number of hydrogen-bond acceptors (Lipinski definition) is 42. The normalized spacial score (nSPS) is 11.9. The molecular weight excluding hydrogens is 1870 g/mol. The number of carbonyl (C=O) groups is 5. The zero-order valence-corrected chi connectivity index (χ0v) is 85.4. The van der Waals surface area contributed by atoms with E-state index in [1.165, 1.54) is 0 Å². The molecule has 0 radical (unpaired) electrons. The number of ether oxygens (including phenoxy) is 36. The van der Waals surface area contributed by atoms with Gasteiger partial charge in [0, 0.05) is 32.5 Å². The lowest BCUT2D eigenvalue weighted by molar-refractivity contribution is -0.137. The Hall–Kier alpha value is -4.13. The van der Waals surface area contributed by atoms with Crippen LogP contribution in [0.3, 0.4) is 0 Å². The minimum Gasteiger partial charge on any atom is -0.481 e. The molecule has 0 aromatic carbocycles. The number of nitrogens with two attached hydrogens (primary N) is 1. The molecule has 0 aliphatic heterocycles. The maximum absolute atomic E-state index is 12.0. The third-order valence-corrected chi connectivity index (χ3v) is 18.5. The first kappa shape index (κ1) is 137. The zero-order chi connectivity index (χ0) is 101. The van der Waals surface area contributed by atoms with Crippen LogP contribution in [-0.2, 0) is 194 Å². The van der Waals surface area contributed by atoms with Gasteiger partial charge in [-0.1, -0.05) is 38.5 Å². The Morgan fingerprint density at radius 2 is 0.326 bits per heavy atom. The van der Waals surface area contributed by atoms with Gasteiger partial charge in [0.25, 0.3) is 0 Å². The molecule has 7 N–H and O–H groups in total. The summed E-state index contributed by atoms with van der Waals surface area (Å²) in [7, 11) is 1.67. The van der Waals surface area contributed by atoms with Crippen LogP contribution < -0.4 is 27.0 Å². The first-order valence-electron chi connectivity index (χ1n) is 50.5. The molecule has 0 saturated carbocycles. The van der Waals surface area contributed by atoms with Crippen LogP contribution in [0, 0.1) is 0 Å². The number of likely N-dealkylation sites (N-methyl/N-ethyl adjacent to an activating group) is 1. The summed E-state index contributed by atoms with van der Waals surface area (Å²) in [5.74, 6) is -1.56. The van der Waals surface area contributed by atoms with E-state index in [1.54, 1.807) is 7.05 Å². The molecule has 47 nitrogen and oxygen atoms in total. The summed E-state index contributed by atoms with van der Waals surface area (Å²) in [6.45, 7) is 32.2. The summed E-state index contributed by atoms with van der Waals surface area (Å²) in [4.78, 5) is 57.6. The van der Waals surface area contributed by atoms with E-state index in [1.807, 2.05) is 0 Å². The van der Waals surface area contributed by atoms with Gasteiger partial charge in [-0.15, -0.1) is 0 Å². The van der Waals surface area contributed by atoms with Crippen molar-refractivity contribution in [2.45, 2.75) is 83.1 Å². The Balaban J connectivity index is 3.17. The van der Waals surface area contributed by atoms with Gasteiger partial charge in [0.05, 0.1) is 469 Å². The number of rotatable bonds is 129. The van der Waals surface area contributed by atoms with E-state index in [4.69, 9.17) is 181 Å². The third-order valence-electron chi connectivity index (χ3n) is 18.5. The quantitative estimate of drug-likeness (QED) is 0.0458. The zero-order valence-electron chi connectivity index (χ0n) is 85.4. The van der Waals surface area contributed by atoms with Crippen molar-refractivity contribution in [2.24, 2.45) is 5.73 Å². The Morgan fingerprint density at radius 3 is 0.489 bits per heavy atom. The molecule has 141 heavy (non-hydrogen) atoms. The minimum absolute atomic E-state index is 0.0475. The number of nitrogens with one attached hydrogen (secondary N) is 4. The maximum atomic E-state index is 12.0. The molecule has 0 aliphatic rings. The predicted octanol–water partition coefficient (Wildman–Crippen LogP) is 0.772. The van der Waals surface area contributed by atoms with Gasteiger partial charge in [-0.25, -0.2) is 0 Å². The van der Waals surface area contributed by atoms with Gasteiger partial charge in [0.1, 0.15) is 13.2 Å². The number of unbranched alkanes of at least 4 members (excludes halogenated alkanes) is 7. The fourth-order valence-electron chi connectivity index (χ4n) is 11.1. The van der Waals surface area contributed by atoms with Crippen LogP contribution in [0.2, 0.25) is 0 Å². The Morgan fingerprint density at radius 1 is 0.184 bits per heavy atom. The molecule has 0 aromatic heterocycles. The molecule has 1 atom stereocenters. The van der Waals surface area contributed by atoms with Crippen molar-refractivity contribution in [3.8, 4) is 0 Å². The maximum Gasteiger partial charge on any atom is 0.303 e. The molecule has 1 unspecified atom stereocenters. The van der Waals surface area contributed by atoms with E-state index in [2.05, 4.69) is 21.3 Å². The summed E-state index contributed by atoms with van der Waals surface area (Å²) in [5.41, 5.74) is 5.28. The van der Waals surface area contributed by atoms with Crippen molar-refractivity contribution < 1.29 is 200 Å². The van der Waals surface area contributed by atoms with Gasteiger partial charge in [0.15, 0.2) is 0 Å². The highest BCUT2D eigenvalue weighted by atomic mass is 16.6. The SMILES string of the molecule is CNC(CCCNC(=O)COCCOCCOCCOCCOCCOCCOCCOCCOCCOCCOCCOCCOCCOCCOCCOCCOCCOCCOCCOCCNC(=O)COCCOCCOCCOCCOCCOCCOCCOCCOCCOCCOCCOCCOCCOCCOCCOCCNC(=O)CCCCCCCCCCC(=O)O)C(N)=O. The Labute approximate surface area is 838 Å². The lowest BCUT2D eigenvalue weighted by Gasteiger charge is -2.12. The Kier molecular flexibility index (Phi) is 121. The van der Waals surface area contributed by atoms with E-state index in [9.17, 15) is 24.0 Å². The average molecular weight is 2060 g/mol. The van der Waals surface area contributed by atoms with Gasteiger partial charge in [-0.2, -0.15) is 0 Å². The largest absolute Gasteiger partial charge is 0.481 e. The smallest absolute Gasteiger partial charge is 0.303 e. The molecule has 0 aromatic rings. The standard InChI is InChI=1S/C94H185N5O42/c1-96-89(94(95)105)11-10-14-97-91(101)87-140-85-83-138-81-79-136-77-75-134-73-71-132-69-67-130-65-63-128-61-59-127-58-56-125-54-53-124-52-51-123-50-49-122-48-47-120-46-44-119-42-40-117-38-36-115-34-32-113-30-28-111-26-24-109-22-20-107-18-16-99-92(102)88-141-86-84-139-82-80-137-78-76-135-74-72-133-70-68-131-66-64-129-62-60-126-57-55-121-45-43-118-41-39-116-37-35-114-33-31-112-29-27-110-25-23-108-21-19-106-17-15-98-90(100)12-8-6-4-2-3-5-7-9-13-93(103)104/h89,96H,2-88H2,1H3,(H2,95,105)(H,97,101)(H,98,100)(H,99,102)(H,103,104). The molecule has 0 heterocycles. The van der Waals surface area contributed by atoms with E-state index in [-0.39, 0.29) is 50.6 Å². The topological polar surface area (TPSA) is 512 Å². The number of hydrogen-bond donors (Lipinski definition) is 6. The summed E-state index contributed by atoms with van der Waals surface area (Å²) in [5, 5.41) is 19.9. The molecule has 0 aliphatic carbocycles. The van der Waals surface area contributed by atoms with Crippen LogP contribution in [0.5, 0.6) is 0 Å². The van der Waals surface area contributed by atoms with E-state index in [0.29, 0.717) is 488 Å². The van der Waals surface area contributed by atoms with Crippen LogP contribution in [0.1, 0.15) is 77.0 Å². The van der Waals surface area contributed by atoms with Gasteiger partial charge in [-0.3, -0.25) is 24.0 Å². The molecule has 4 amide bonds. The highest BCUT2D eigenvalue weighted by molar-refractivity contribution is 5.80. The molecule has 0 saturated heterocycles. The predicted molar refractivity (Wildman–Crippen MR) is 514 cm³/mol. The van der Waals surface area contributed by atoms with Crippen molar-refractivity contribution in [3.05, 3.63) is 0 Å². The number of primary amides is 1. The highest BCUT2D eigenvalue weighted by Crippen LogP contribution is 2.11. The van der Waals surface area contributed by atoms with Crippen molar-refractivity contribution >= 4 is 29.6 Å². The fourth-order valence-corrected chi connectivity index (χ4v) is 11.1. The van der Waals surface area contributed by atoms with Crippen molar-refractivity contribution in [2.75, 3.05) is 502 Å². The molecule has 0 fully saturated rings. The molecular formula is C94H185N5O42. The second-order valence-electron chi connectivity index (χ2n) is 30.1. The van der Waals surface area contributed by atoms with Crippen LogP contribution in [0.4, 0.5) is 0 Å². The van der Waals surface area contributed by atoms with Crippen LogP contribution in [-0.4, -0.2) is 543 Å². The van der Waals surface area contributed by atoms with Gasteiger partial charge < -0.3 is 203 Å². The van der Waals surface area contributed by atoms with E-state index in [0.717, 1.165) is 51.4 Å². The number of aliphatic carboxylic acids is 1. The number of carboxylic acid groups (broad SMARTS) is 1. The van der Waals surface area contributed by atoms with Crippen molar-refractivity contribution in [1.82, 2.24) is 21.3 Å². The molecule has 0 bridgehead atoms. The number of carbonyl (C=O) groups excluding carboxylic acids is 4. The molecule has 838 valence electrons. The summed E-state index contributed by atoms with van der Waals surface area (Å²) in [6.07, 6.45) is 10.00. The lowest BCUT2D eigenvalue weighted by Crippen LogP contribution is -2.39. The average Bonchev–Trinajstić information content (AvgIpc) is 0.978. The van der Waals surface area contributed by atoms with Crippen molar-refractivity contribution in [3.63, 3.8) is 0 Å².